The molecule has 5 aromatic rings. The summed E-state index contributed by atoms with van der Waals surface area (Å²) in [5, 5.41) is 8.73. The molecule has 3 N–H and O–H groups in total. The van der Waals surface area contributed by atoms with Crippen LogP contribution in [0.1, 0.15) is 46.5 Å². The van der Waals surface area contributed by atoms with Gasteiger partial charge in [0, 0.05) is 46.4 Å². The highest BCUT2D eigenvalue weighted by Gasteiger charge is 2.62. The number of anilines is 1. The van der Waals surface area contributed by atoms with Crippen LogP contribution in [0.2, 0.25) is 0 Å². The Labute approximate surface area is 365 Å². The number of carbonyl (C=O) groups is 3. The number of rotatable bonds is 15. The molecule has 3 fully saturated rings. The van der Waals surface area contributed by atoms with E-state index in [1.807, 2.05) is 105 Å². The van der Waals surface area contributed by atoms with E-state index in [1.54, 1.807) is 14.2 Å². The van der Waals surface area contributed by atoms with Crippen LogP contribution in [-0.4, -0.2) is 90.7 Å². The third-order valence-electron chi connectivity index (χ3n) is 11.7. The van der Waals surface area contributed by atoms with Crippen molar-refractivity contribution in [3.05, 3.63) is 96.9 Å². The van der Waals surface area contributed by atoms with Crippen molar-refractivity contribution in [2.75, 3.05) is 26.1 Å². The van der Waals surface area contributed by atoms with Crippen molar-refractivity contribution in [2.45, 2.75) is 75.4 Å². The summed E-state index contributed by atoms with van der Waals surface area (Å²) in [6.07, 6.45) is 2.01. The molecular formula is C46H50N6O8S2. The fourth-order valence-electron chi connectivity index (χ4n) is 7.99. The molecule has 2 aromatic heterocycles. The molecule has 14 nitrogen and oxygen atoms in total. The number of hydrogen-bond acceptors (Lipinski definition) is 12. The van der Waals surface area contributed by atoms with Crippen LogP contribution in [0.4, 0.5) is 5.13 Å². The molecule has 3 aromatic carbocycles. The second-order valence-corrected chi connectivity index (χ2v) is 19.9. The van der Waals surface area contributed by atoms with Crippen LogP contribution in [0.3, 0.4) is 0 Å². The number of carbonyl (C=O) groups excluding carboxylic acids is 3. The van der Waals surface area contributed by atoms with Gasteiger partial charge in [0.1, 0.15) is 41.0 Å². The number of nitrogens with zero attached hydrogens (tertiary/aromatic N) is 3. The Morgan fingerprint density at radius 1 is 0.952 bits per heavy atom. The first-order chi connectivity index (χ1) is 29.6. The van der Waals surface area contributed by atoms with Gasteiger partial charge >= 0.3 is 0 Å². The minimum absolute atomic E-state index is 0.0241. The summed E-state index contributed by atoms with van der Waals surface area (Å²) in [5.74, 6) is -0.536. The zero-order valence-electron chi connectivity index (χ0n) is 35.2. The monoisotopic (exact) mass is 878 g/mol. The van der Waals surface area contributed by atoms with E-state index in [2.05, 4.69) is 21.9 Å². The molecule has 8 rings (SSSR count). The number of nitrogens with one attached hydrogen (secondary N) is 3. The lowest BCUT2D eigenvalue weighted by Gasteiger charge is -2.35. The van der Waals surface area contributed by atoms with Crippen molar-refractivity contribution >= 4 is 55.1 Å². The Balaban J connectivity index is 1.13. The highest BCUT2D eigenvalue weighted by atomic mass is 32.2. The number of amides is 3. The fraction of sp³-hybridized carbons (Fsp3) is 0.370. The molecule has 0 unspecified atom stereocenters. The van der Waals surface area contributed by atoms with Gasteiger partial charge in [-0.05, 0) is 48.9 Å². The maximum Gasteiger partial charge on any atom is 0.259 e. The van der Waals surface area contributed by atoms with Gasteiger partial charge in [-0.25, -0.2) is 18.4 Å². The molecule has 1 aliphatic heterocycles. The minimum Gasteiger partial charge on any atom is -0.497 e. The Morgan fingerprint density at radius 3 is 2.37 bits per heavy atom. The van der Waals surface area contributed by atoms with E-state index >= 15 is 4.79 Å². The zero-order chi connectivity index (χ0) is 44.0. The number of thiazole rings is 1. The number of methoxy groups -OCH3 is 2. The largest absolute Gasteiger partial charge is 0.497 e. The highest BCUT2D eigenvalue weighted by molar-refractivity contribution is 7.91. The average molecular weight is 879 g/mol. The number of para-hydroxylation sites is 1. The highest BCUT2D eigenvalue weighted by Crippen LogP contribution is 2.46. The lowest BCUT2D eigenvalue weighted by atomic mass is 9.85. The van der Waals surface area contributed by atoms with Gasteiger partial charge in [0.25, 0.3) is 5.91 Å². The molecule has 0 bridgehead atoms. The average Bonchev–Trinajstić information content (AvgIpc) is 4.15. The molecule has 2 aliphatic carbocycles. The van der Waals surface area contributed by atoms with E-state index in [0.29, 0.717) is 57.5 Å². The number of benzene rings is 3. The third kappa shape index (κ3) is 8.58. The molecule has 0 spiro atoms. The topological polar surface area (TPSA) is 178 Å². The second-order valence-electron chi connectivity index (χ2n) is 17.1. The van der Waals surface area contributed by atoms with Crippen molar-refractivity contribution in [3.8, 4) is 39.8 Å². The first-order valence-electron chi connectivity index (χ1n) is 20.5. The Hall–Kier alpha value is -6.00. The summed E-state index contributed by atoms with van der Waals surface area (Å²) in [4.78, 5) is 54.7. The van der Waals surface area contributed by atoms with Crippen molar-refractivity contribution in [1.82, 2.24) is 24.9 Å². The second kappa shape index (κ2) is 16.7. The molecular weight excluding hydrogens is 829 g/mol. The van der Waals surface area contributed by atoms with Gasteiger partial charge < -0.3 is 29.7 Å². The van der Waals surface area contributed by atoms with Gasteiger partial charge in [-0.1, -0.05) is 69.3 Å². The minimum atomic E-state index is -3.91. The SMILES string of the molecule is C=C[C@@H]1C[C@]1(NC(=O)[C@@H]1C[C@@H](Oc2cc(-c3ccccc3)nc3cc(OC)ccc23)CN1C(=O)[C@@H](Nc1nc(-c2ccccc2OC)cs1)C(C)(C)C)C(=O)NS(=O)(=O)C1CC1. The van der Waals surface area contributed by atoms with Crippen LogP contribution in [-0.2, 0) is 24.4 Å². The Morgan fingerprint density at radius 2 is 1.69 bits per heavy atom. The zero-order valence-corrected chi connectivity index (χ0v) is 36.8. The number of pyridine rings is 1. The Bertz CT molecular complexity index is 2640. The molecule has 324 valence electrons. The molecule has 3 amide bonds. The fourth-order valence-corrected chi connectivity index (χ4v) is 10.1. The van der Waals surface area contributed by atoms with Crippen LogP contribution in [0, 0.1) is 11.3 Å². The van der Waals surface area contributed by atoms with Crippen molar-refractivity contribution in [1.29, 1.82) is 0 Å². The van der Waals surface area contributed by atoms with Crippen LogP contribution < -0.4 is 29.6 Å². The summed E-state index contributed by atoms with van der Waals surface area (Å²) in [6, 6.07) is 22.6. The molecule has 5 atom stereocenters. The van der Waals surface area contributed by atoms with Gasteiger partial charge in [-0.3, -0.25) is 19.1 Å². The molecule has 1 saturated heterocycles. The first kappa shape index (κ1) is 42.7. The number of likely N-dealkylation sites (tertiary alicyclic amines) is 1. The molecule has 16 heteroatoms. The lowest BCUT2D eigenvalue weighted by Crippen LogP contribution is -2.58. The maximum atomic E-state index is 15.1. The summed E-state index contributed by atoms with van der Waals surface area (Å²) < 4.78 is 45.9. The molecule has 3 aliphatic rings. The standard InChI is InChI=1S/C46H50N6O8S2/c1-7-28-24-46(28,43(55)51-62(56,57)31-18-19-31)50-41(53)37-22-30(60-39-23-34(27-13-9-8-10-14-27)47-35-21-29(58-5)17-20-33(35)39)25-52(37)42(54)40(45(2,3)4)49-44-48-36(26-61-44)32-15-11-12-16-38(32)59-6/h7-17,20-21,23,26,28,30-31,37,40H,1,18-19,22,24-25H2,2-6H3,(H,48,49)(H,50,53)(H,51,55)/t28-,30-,37+,40-,46-/m1/s1. The number of sulfonamides is 1. The van der Waals surface area contributed by atoms with Crippen LogP contribution >= 0.6 is 11.3 Å². The summed E-state index contributed by atoms with van der Waals surface area (Å²) in [7, 11) is -0.728. The molecule has 2 saturated carbocycles. The van der Waals surface area contributed by atoms with E-state index in [9.17, 15) is 18.0 Å². The molecule has 3 heterocycles. The lowest BCUT2D eigenvalue weighted by molar-refractivity contribution is -0.141. The van der Waals surface area contributed by atoms with Crippen molar-refractivity contribution < 1.29 is 37.0 Å². The predicted molar refractivity (Wildman–Crippen MR) is 238 cm³/mol. The van der Waals surface area contributed by atoms with Gasteiger partial charge in [0.05, 0.1) is 42.9 Å². The van der Waals surface area contributed by atoms with Crippen LogP contribution in [0.5, 0.6) is 17.2 Å². The summed E-state index contributed by atoms with van der Waals surface area (Å²) in [5.41, 5.74) is 1.41. The van der Waals surface area contributed by atoms with Crippen molar-refractivity contribution in [3.63, 3.8) is 0 Å². The van der Waals surface area contributed by atoms with Gasteiger partial charge in [-0.2, -0.15) is 0 Å². The summed E-state index contributed by atoms with van der Waals surface area (Å²) in [6.45, 7) is 9.65. The van der Waals surface area contributed by atoms with Gasteiger partial charge in [0.2, 0.25) is 21.8 Å². The first-order valence-corrected chi connectivity index (χ1v) is 22.9. The molecule has 62 heavy (non-hydrogen) atoms. The van der Waals surface area contributed by atoms with Gasteiger partial charge in [0.15, 0.2) is 5.13 Å². The number of fused-ring (bicyclic) bond motifs is 1. The number of hydrogen-bond donors (Lipinski definition) is 3. The van der Waals surface area contributed by atoms with Gasteiger partial charge in [-0.15, -0.1) is 17.9 Å². The molecule has 0 radical (unpaired) electrons. The van der Waals surface area contributed by atoms with E-state index in [1.165, 1.54) is 22.3 Å². The van der Waals surface area contributed by atoms with E-state index in [-0.39, 0.29) is 25.3 Å². The quantitative estimate of drug-likeness (QED) is 0.0968. The van der Waals surface area contributed by atoms with E-state index < -0.39 is 62.1 Å². The Kier molecular flexibility index (Phi) is 11.5. The van der Waals surface area contributed by atoms with Crippen LogP contribution in [0.25, 0.3) is 33.4 Å². The normalized spacial score (nSPS) is 21.4. The van der Waals surface area contributed by atoms with Crippen molar-refractivity contribution in [2.24, 2.45) is 11.3 Å². The van der Waals surface area contributed by atoms with Crippen LogP contribution in [0.15, 0.2) is 96.9 Å². The third-order valence-corrected chi connectivity index (χ3v) is 14.3. The smallest absolute Gasteiger partial charge is 0.259 e. The van der Waals surface area contributed by atoms with E-state index in [0.717, 1.165) is 11.1 Å². The van der Waals surface area contributed by atoms with E-state index in [4.69, 9.17) is 24.2 Å². The number of ether oxygens (including phenoxy) is 3. The maximum absolute atomic E-state index is 15.1. The summed E-state index contributed by atoms with van der Waals surface area (Å²) >= 11 is 1.34. The predicted octanol–water partition coefficient (Wildman–Crippen LogP) is 6.59. The number of aromatic nitrogens is 2.